The molecule has 1 N–H and O–H groups in total. The molecule has 28 heavy (non-hydrogen) atoms. The van der Waals surface area contributed by atoms with Gasteiger partial charge >= 0.3 is 5.97 Å². The molecule has 8 nitrogen and oxygen atoms in total. The van der Waals surface area contributed by atoms with Crippen LogP contribution < -0.4 is 9.46 Å². The molecule has 0 heterocycles. The van der Waals surface area contributed by atoms with E-state index in [-0.39, 0.29) is 10.5 Å². The van der Waals surface area contributed by atoms with E-state index in [0.717, 1.165) is 0 Å². The molecule has 9 heteroatoms. The van der Waals surface area contributed by atoms with E-state index in [9.17, 15) is 18.0 Å². The molecule has 0 fully saturated rings. The lowest BCUT2D eigenvalue weighted by Gasteiger charge is -2.13. The molecule has 0 unspecified atom stereocenters. The van der Waals surface area contributed by atoms with E-state index >= 15 is 0 Å². The summed E-state index contributed by atoms with van der Waals surface area (Å²) in [4.78, 5) is 24.0. The zero-order valence-electron chi connectivity index (χ0n) is 15.2. The SMILES string of the molecule is COc1ccc(C(=O)[C@@H](C)OC(=O)CNS(=O)(=O)c2ccccc2C#N)cc1. The zero-order valence-corrected chi connectivity index (χ0v) is 16.0. The second-order valence-electron chi connectivity index (χ2n) is 5.66. The number of carbonyl (C=O) groups is 2. The number of hydrogen-bond donors (Lipinski definition) is 1. The van der Waals surface area contributed by atoms with Gasteiger partial charge in [-0.2, -0.15) is 9.98 Å². The molecule has 1 atom stereocenters. The Morgan fingerprint density at radius 1 is 1.14 bits per heavy atom. The highest BCUT2D eigenvalue weighted by molar-refractivity contribution is 7.89. The van der Waals surface area contributed by atoms with E-state index in [1.54, 1.807) is 18.2 Å². The Hall–Kier alpha value is -3.22. The fraction of sp³-hybridized carbons (Fsp3) is 0.211. The molecule has 2 aromatic carbocycles. The van der Waals surface area contributed by atoms with E-state index in [1.807, 2.05) is 0 Å². The fourth-order valence-corrected chi connectivity index (χ4v) is 3.43. The molecule has 0 spiro atoms. The first-order chi connectivity index (χ1) is 13.3. The second kappa shape index (κ2) is 9.12. The lowest BCUT2D eigenvalue weighted by atomic mass is 10.1. The van der Waals surface area contributed by atoms with Crippen molar-refractivity contribution < 1.29 is 27.5 Å². The number of rotatable bonds is 8. The maximum absolute atomic E-state index is 12.3. The van der Waals surface area contributed by atoms with Crippen LogP contribution in [0.3, 0.4) is 0 Å². The summed E-state index contributed by atoms with van der Waals surface area (Å²) >= 11 is 0. The number of carbonyl (C=O) groups excluding carboxylic acids is 2. The minimum atomic E-state index is -4.09. The van der Waals surface area contributed by atoms with Gasteiger partial charge in [0.2, 0.25) is 15.8 Å². The van der Waals surface area contributed by atoms with Crippen molar-refractivity contribution in [1.29, 1.82) is 5.26 Å². The summed E-state index contributed by atoms with van der Waals surface area (Å²) < 4.78 is 36.6. The van der Waals surface area contributed by atoms with Gasteiger partial charge in [0.05, 0.1) is 17.6 Å². The number of sulfonamides is 1. The third kappa shape index (κ3) is 5.16. The summed E-state index contributed by atoms with van der Waals surface area (Å²) in [5, 5.41) is 9.00. The Balaban J connectivity index is 1.97. The molecule has 0 saturated carbocycles. The molecule has 0 aliphatic heterocycles. The van der Waals surface area contributed by atoms with Crippen LogP contribution in [0.2, 0.25) is 0 Å². The minimum Gasteiger partial charge on any atom is -0.497 e. The number of methoxy groups -OCH3 is 1. The molecule has 0 bridgehead atoms. The number of nitriles is 1. The topological polar surface area (TPSA) is 123 Å². The van der Waals surface area contributed by atoms with Gasteiger partial charge in [-0.15, -0.1) is 0 Å². The molecular formula is C19H18N2O6S. The van der Waals surface area contributed by atoms with Gasteiger partial charge in [0.15, 0.2) is 6.10 Å². The number of Topliss-reactive ketones (excluding diaryl/α,β-unsaturated/α-hetero) is 1. The summed E-state index contributed by atoms with van der Waals surface area (Å²) in [6.07, 6.45) is -1.10. The highest BCUT2D eigenvalue weighted by atomic mass is 32.2. The van der Waals surface area contributed by atoms with Crippen LogP contribution in [0.25, 0.3) is 0 Å². The Morgan fingerprint density at radius 2 is 1.79 bits per heavy atom. The van der Waals surface area contributed by atoms with Crippen molar-refractivity contribution in [2.45, 2.75) is 17.9 Å². The molecule has 0 aliphatic rings. The van der Waals surface area contributed by atoms with Gasteiger partial charge in [-0.3, -0.25) is 9.59 Å². The summed E-state index contributed by atoms with van der Waals surface area (Å²) in [7, 11) is -2.59. The van der Waals surface area contributed by atoms with Crippen molar-refractivity contribution in [2.24, 2.45) is 0 Å². The van der Waals surface area contributed by atoms with E-state index in [4.69, 9.17) is 14.7 Å². The molecule has 2 rings (SSSR count). The first-order valence-corrected chi connectivity index (χ1v) is 9.63. The van der Waals surface area contributed by atoms with Gasteiger partial charge in [-0.1, -0.05) is 12.1 Å². The van der Waals surface area contributed by atoms with Gasteiger partial charge in [-0.25, -0.2) is 8.42 Å². The predicted octanol–water partition coefficient (Wildman–Crippen LogP) is 1.66. The van der Waals surface area contributed by atoms with Crippen molar-refractivity contribution in [3.05, 3.63) is 59.7 Å². The Morgan fingerprint density at radius 3 is 2.39 bits per heavy atom. The lowest BCUT2D eigenvalue weighted by molar-refractivity contribution is -0.144. The predicted molar refractivity (Wildman–Crippen MR) is 99.2 cm³/mol. The average Bonchev–Trinajstić information content (AvgIpc) is 2.71. The first-order valence-electron chi connectivity index (χ1n) is 8.15. The van der Waals surface area contributed by atoms with Gasteiger partial charge in [-0.05, 0) is 43.3 Å². The second-order valence-corrected chi connectivity index (χ2v) is 7.39. The van der Waals surface area contributed by atoms with E-state index in [2.05, 4.69) is 4.72 Å². The number of ether oxygens (including phenoxy) is 2. The summed E-state index contributed by atoms with van der Waals surface area (Å²) in [6.45, 7) is 0.715. The Kier molecular flexibility index (Phi) is 6.87. The number of esters is 1. The van der Waals surface area contributed by atoms with Crippen LogP contribution in [0.15, 0.2) is 53.4 Å². The van der Waals surface area contributed by atoms with Gasteiger partial charge in [0.1, 0.15) is 18.4 Å². The van der Waals surface area contributed by atoms with E-state index < -0.39 is 34.4 Å². The van der Waals surface area contributed by atoms with Crippen molar-refractivity contribution in [2.75, 3.05) is 13.7 Å². The standard InChI is InChI=1S/C19H18N2O6S/c1-13(19(23)14-7-9-16(26-2)10-8-14)27-18(22)12-21-28(24,25)17-6-4-3-5-15(17)11-20/h3-10,13,21H,12H2,1-2H3/t13-/m1/s1. The highest BCUT2D eigenvalue weighted by Gasteiger charge is 2.23. The monoisotopic (exact) mass is 402 g/mol. The lowest BCUT2D eigenvalue weighted by Crippen LogP contribution is -2.34. The largest absolute Gasteiger partial charge is 0.497 e. The van der Waals surface area contributed by atoms with E-state index in [0.29, 0.717) is 11.3 Å². The maximum Gasteiger partial charge on any atom is 0.321 e. The van der Waals surface area contributed by atoms with Crippen LogP contribution in [0.5, 0.6) is 5.75 Å². The molecular weight excluding hydrogens is 384 g/mol. The maximum atomic E-state index is 12.3. The quantitative estimate of drug-likeness (QED) is 0.526. The summed E-state index contributed by atoms with van der Waals surface area (Å²) in [6, 6.07) is 13.6. The Labute approximate surface area is 162 Å². The molecule has 0 radical (unpaired) electrons. The van der Waals surface area contributed by atoms with Crippen molar-refractivity contribution in [3.8, 4) is 11.8 Å². The van der Waals surface area contributed by atoms with Crippen LogP contribution in [0.4, 0.5) is 0 Å². The van der Waals surface area contributed by atoms with E-state index in [1.165, 1.54) is 50.4 Å². The van der Waals surface area contributed by atoms with Crippen LogP contribution >= 0.6 is 0 Å². The number of hydrogen-bond acceptors (Lipinski definition) is 7. The molecule has 0 amide bonds. The van der Waals surface area contributed by atoms with Gasteiger partial charge in [0.25, 0.3) is 0 Å². The van der Waals surface area contributed by atoms with Gasteiger partial charge < -0.3 is 9.47 Å². The third-order valence-corrected chi connectivity index (χ3v) is 5.21. The normalized spacial score (nSPS) is 11.9. The number of nitrogens with one attached hydrogen (secondary N) is 1. The van der Waals surface area contributed by atoms with Crippen molar-refractivity contribution in [3.63, 3.8) is 0 Å². The molecule has 0 saturated heterocycles. The van der Waals surface area contributed by atoms with Crippen LogP contribution in [-0.2, 0) is 19.6 Å². The average molecular weight is 402 g/mol. The Bertz CT molecular complexity index is 1010. The third-order valence-electron chi connectivity index (χ3n) is 3.76. The van der Waals surface area contributed by atoms with Crippen molar-refractivity contribution in [1.82, 2.24) is 4.72 Å². The molecule has 146 valence electrons. The fourth-order valence-electron chi connectivity index (χ4n) is 2.31. The number of nitrogens with zero attached hydrogens (tertiary/aromatic N) is 1. The van der Waals surface area contributed by atoms with Gasteiger partial charge in [0, 0.05) is 5.56 Å². The molecule has 2 aromatic rings. The smallest absolute Gasteiger partial charge is 0.321 e. The summed E-state index contributed by atoms with van der Waals surface area (Å²) in [5.41, 5.74) is 0.274. The minimum absolute atomic E-state index is 0.0496. The van der Waals surface area contributed by atoms with Crippen LogP contribution in [0.1, 0.15) is 22.8 Å². The van der Waals surface area contributed by atoms with Crippen molar-refractivity contribution >= 4 is 21.8 Å². The summed E-state index contributed by atoms with van der Waals surface area (Å²) in [5.74, 6) is -0.783. The molecule has 0 aliphatic carbocycles. The zero-order chi connectivity index (χ0) is 20.7. The van der Waals surface area contributed by atoms with Crippen LogP contribution in [0, 0.1) is 11.3 Å². The number of benzene rings is 2. The number of ketones is 1. The molecule has 0 aromatic heterocycles. The van der Waals surface area contributed by atoms with Crippen LogP contribution in [-0.4, -0.2) is 39.9 Å². The highest BCUT2D eigenvalue weighted by Crippen LogP contribution is 2.15. The first kappa shape index (κ1) is 21.1.